The molecule has 2 aromatic rings. The smallest absolute Gasteiger partial charge is 0.224 e. The first-order chi connectivity index (χ1) is 11.1. The second kappa shape index (κ2) is 8.47. The number of amides is 1. The fraction of sp³-hybridized carbons (Fsp3) is 0.375. The van der Waals surface area contributed by atoms with Crippen LogP contribution in [0.2, 0.25) is 0 Å². The molecule has 2 N–H and O–H groups in total. The van der Waals surface area contributed by atoms with E-state index < -0.39 is 0 Å². The summed E-state index contributed by atoms with van der Waals surface area (Å²) in [6, 6.07) is 6.93. The molecule has 0 aliphatic heterocycles. The van der Waals surface area contributed by atoms with Crippen LogP contribution in [-0.2, 0) is 11.2 Å². The molecule has 0 bridgehead atoms. The summed E-state index contributed by atoms with van der Waals surface area (Å²) >= 11 is 1.31. The Labute approximate surface area is 139 Å². The fourth-order valence-electron chi connectivity index (χ4n) is 1.90. The second-order valence-corrected chi connectivity index (χ2v) is 5.95. The highest BCUT2D eigenvalue weighted by Crippen LogP contribution is 2.16. The Morgan fingerprint density at radius 2 is 1.96 bits per heavy atom. The third-order valence-corrected chi connectivity index (χ3v) is 3.99. The number of nitrogens with zero attached hydrogens (tertiary/aromatic N) is 2. The highest BCUT2D eigenvalue weighted by atomic mass is 32.2. The topological polar surface area (TPSA) is 87.7 Å². The van der Waals surface area contributed by atoms with Gasteiger partial charge in [0.15, 0.2) is 5.78 Å². The Morgan fingerprint density at radius 3 is 2.57 bits per heavy atom. The Kier molecular flexibility index (Phi) is 6.34. The van der Waals surface area contributed by atoms with Crippen molar-refractivity contribution in [1.82, 2.24) is 15.2 Å². The molecule has 0 aliphatic carbocycles. The molecule has 2 rings (SSSR count). The lowest BCUT2D eigenvalue weighted by atomic mass is 10.1. The Balaban J connectivity index is 1.88. The number of ketones is 1. The lowest BCUT2D eigenvalue weighted by Gasteiger charge is -2.05. The summed E-state index contributed by atoms with van der Waals surface area (Å²) in [4.78, 5) is 27.9. The van der Waals surface area contributed by atoms with Crippen molar-refractivity contribution in [3.63, 3.8) is 0 Å². The van der Waals surface area contributed by atoms with Crippen molar-refractivity contribution in [3.05, 3.63) is 35.7 Å². The summed E-state index contributed by atoms with van der Waals surface area (Å²) in [7, 11) is 0. The summed E-state index contributed by atoms with van der Waals surface area (Å²) in [5.74, 6) is 1.08. The molecule has 0 saturated heterocycles. The van der Waals surface area contributed by atoms with E-state index in [9.17, 15) is 9.59 Å². The van der Waals surface area contributed by atoms with Crippen LogP contribution in [0.1, 0.15) is 42.9 Å². The van der Waals surface area contributed by atoms with Gasteiger partial charge in [0.1, 0.15) is 5.82 Å². The Bertz CT molecular complexity index is 667. The average Bonchev–Trinajstić information content (AvgIpc) is 3.01. The predicted octanol–water partition coefficient (Wildman–Crippen LogP) is 3.08. The maximum atomic E-state index is 12.2. The molecule has 7 heteroatoms. The minimum atomic E-state index is -0.0153. The van der Waals surface area contributed by atoms with Crippen LogP contribution < -0.4 is 5.32 Å². The molecule has 23 heavy (non-hydrogen) atoms. The van der Waals surface area contributed by atoms with E-state index >= 15 is 0 Å². The number of hydrogen-bond acceptors (Lipinski definition) is 5. The highest BCUT2D eigenvalue weighted by molar-refractivity contribution is 7.99. The van der Waals surface area contributed by atoms with E-state index in [0.717, 1.165) is 18.7 Å². The van der Waals surface area contributed by atoms with E-state index in [1.165, 1.54) is 11.8 Å². The Morgan fingerprint density at radius 1 is 1.22 bits per heavy atom. The van der Waals surface area contributed by atoms with Crippen LogP contribution in [0.4, 0.5) is 5.69 Å². The SMILES string of the molecule is CCCC(=O)Nc1ccc(C(=O)CSc2n[nH]c(CC)n2)cc1. The zero-order valence-electron chi connectivity index (χ0n) is 13.3. The number of anilines is 1. The summed E-state index contributed by atoms with van der Waals surface area (Å²) in [6.07, 6.45) is 2.08. The predicted molar refractivity (Wildman–Crippen MR) is 90.8 cm³/mol. The lowest BCUT2D eigenvalue weighted by Crippen LogP contribution is -2.10. The van der Waals surface area contributed by atoms with Crippen molar-refractivity contribution in [1.29, 1.82) is 0 Å². The van der Waals surface area contributed by atoms with Gasteiger partial charge in [-0.05, 0) is 30.7 Å². The minimum Gasteiger partial charge on any atom is -0.326 e. The number of aromatic nitrogens is 3. The number of rotatable bonds is 8. The van der Waals surface area contributed by atoms with E-state index in [-0.39, 0.29) is 17.4 Å². The van der Waals surface area contributed by atoms with E-state index in [1.54, 1.807) is 24.3 Å². The third-order valence-electron chi connectivity index (χ3n) is 3.15. The van der Waals surface area contributed by atoms with Crippen LogP contribution in [0, 0.1) is 0 Å². The van der Waals surface area contributed by atoms with Gasteiger partial charge in [-0.25, -0.2) is 4.98 Å². The normalized spacial score (nSPS) is 10.5. The summed E-state index contributed by atoms with van der Waals surface area (Å²) in [5, 5.41) is 10.2. The summed E-state index contributed by atoms with van der Waals surface area (Å²) in [5.41, 5.74) is 1.31. The Hall–Kier alpha value is -2.15. The molecule has 1 amide bonds. The van der Waals surface area contributed by atoms with Crippen LogP contribution in [0.3, 0.4) is 0 Å². The van der Waals surface area contributed by atoms with Gasteiger partial charge < -0.3 is 5.32 Å². The number of carbonyl (C=O) groups excluding carboxylic acids is 2. The standard InChI is InChI=1S/C16H20N4O2S/c1-3-5-15(22)17-12-8-6-11(7-9-12)13(21)10-23-16-18-14(4-2)19-20-16/h6-9H,3-5,10H2,1-2H3,(H,17,22)(H,18,19,20). The number of aryl methyl sites for hydroxylation is 1. The highest BCUT2D eigenvalue weighted by Gasteiger charge is 2.10. The number of benzene rings is 1. The fourth-order valence-corrected chi connectivity index (χ4v) is 2.62. The molecule has 0 unspecified atom stereocenters. The van der Waals surface area contributed by atoms with Crippen molar-refractivity contribution in [3.8, 4) is 0 Å². The molecule has 0 fully saturated rings. The van der Waals surface area contributed by atoms with Crippen LogP contribution in [0.15, 0.2) is 29.4 Å². The van der Waals surface area contributed by atoms with Gasteiger partial charge in [0, 0.05) is 24.1 Å². The molecule has 0 saturated carbocycles. The van der Waals surface area contributed by atoms with E-state index in [0.29, 0.717) is 22.8 Å². The molecule has 122 valence electrons. The first-order valence-electron chi connectivity index (χ1n) is 7.59. The van der Waals surface area contributed by atoms with Gasteiger partial charge in [-0.1, -0.05) is 25.6 Å². The molecular weight excluding hydrogens is 312 g/mol. The van der Waals surface area contributed by atoms with Gasteiger partial charge >= 0.3 is 0 Å². The number of aromatic amines is 1. The zero-order chi connectivity index (χ0) is 16.7. The third kappa shape index (κ3) is 5.21. The molecular formula is C16H20N4O2S. The van der Waals surface area contributed by atoms with Crippen molar-refractivity contribution in [2.24, 2.45) is 0 Å². The maximum Gasteiger partial charge on any atom is 0.224 e. The van der Waals surface area contributed by atoms with E-state index in [4.69, 9.17) is 0 Å². The lowest BCUT2D eigenvalue weighted by molar-refractivity contribution is -0.116. The van der Waals surface area contributed by atoms with Crippen LogP contribution in [-0.4, -0.2) is 32.6 Å². The van der Waals surface area contributed by atoms with Crippen LogP contribution >= 0.6 is 11.8 Å². The monoisotopic (exact) mass is 332 g/mol. The number of hydrogen-bond donors (Lipinski definition) is 2. The van der Waals surface area contributed by atoms with Gasteiger partial charge in [0.2, 0.25) is 11.1 Å². The van der Waals surface area contributed by atoms with Gasteiger partial charge in [0.05, 0.1) is 5.75 Å². The second-order valence-electron chi connectivity index (χ2n) is 5.01. The quantitative estimate of drug-likeness (QED) is 0.573. The molecule has 1 aromatic carbocycles. The zero-order valence-corrected chi connectivity index (χ0v) is 14.1. The molecule has 6 nitrogen and oxygen atoms in total. The van der Waals surface area contributed by atoms with Crippen molar-refractivity contribution in [2.45, 2.75) is 38.3 Å². The number of carbonyl (C=O) groups is 2. The summed E-state index contributed by atoms with van der Waals surface area (Å²) < 4.78 is 0. The van der Waals surface area contributed by atoms with Gasteiger partial charge in [-0.2, -0.15) is 0 Å². The first-order valence-corrected chi connectivity index (χ1v) is 8.58. The van der Waals surface area contributed by atoms with Crippen molar-refractivity contribution >= 4 is 29.1 Å². The van der Waals surface area contributed by atoms with Gasteiger partial charge in [0.25, 0.3) is 0 Å². The number of nitrogens with one attached hydrogen (secondary N) is 2. The molecule has 0 atom stereocenters. The molecule has 0 radical (unpaired) electrons. The largest absolute Gasteiger partial charge is 0.326 e. The molecule has 1 aromatic heterocycles. The van der Waals surface area contributed by atoms with Crippen LogP contribution in [0.5, 0.6) is 0 Å². The van der Waals surface area contributed by atoms with E-state index in [2.05, 4.69) is 20.5 Å². The minimum absolute atomic E-state index is 0.00397. The molecule has 0 spiro atoms. The van der Waals surface area contributed by atoms with E-state index in [1.807, 2.05) is 13.8 Å². The molecule has 0 aliphatic rings. The van der Waals surface area contributed by atoms with Gasteiger partial charge in [-0.3, -0.25) is 14.7 Å². The average molecular weight is 332 g/mol. The van der Waals surface area contributed by atoms with Gasteiger partial charge in [-0.15, -0.1) is 5.10 Å². The number of H-pyrrole nitrogens is 1. The molecule has 1 heterocycles. The number of Topliss-reactive ketones (excluding diaryl/α,β-unsaturated/α-hetero) is 1. The maximum absolute atomic E-state index is 12.2. The van der Waals surface area contributed by atoms with Crippen molar-refractivity contribution in [2.75, 3.05) is 11.1 Å². The summed E-state index contributed by atoms with van der Waals surface area (Å²) in [6.45, 7) is 3.94. The number of thioether (sulfide) groups is 1. The first kappa shape index (κ1) is 17.2. The van der Waals surface area contributed by atoms with Crippen LogP contribution in [0.25, 0.3) is 0 Å². The van der Waals surface area contributed by atoms with Crippen molar-refractivity contribution < 1.29 is 9.59 Å².